The quantitative estimate of drug-likeness (QED) is 0.234. The van der Waals surface area contributed by atoms with Gasteiger partial charge in [0.2, 0.25) is 11.8 Å². The molecule has 2 atom stereocenters. The van der Waals surface area contributed by atoms with Gasteiger partial charge in [-0.25, -0.2) is 0 Å². The van der Waals surface area contributed by atoms with Crippen LogP contribution in [0.2, 0.25) is 0 Å². The summed E-state index contributed by atoms with van der Waals surface area (Å²) < 4.78 is 0. The van der Waals surface area contributed by atoms with E-state index >= 15 is 0 Å². The van der Waals surface area contributed by atoms with Gasteiger partial charge in [-0.3, -0.25) is 15.0 Å². The van der Waals surface area contributed by atoms with Gasteiger partial charge in [0.25, 0.3) is 0 Å². The second kappa shape index (κ2) is 10.5. The minimum atomic E-state index is -0.640. The van der Waals surface area contributed by atoms with E-state index in [2.05, 4.69) is 10.6 Å². The third-order valence-electron chi connectivity index (χ3n) is 4.67. The van der Waals surface area contributed by atoms with E-state index in [1.807, 2.05) is 30.3 Å². The van der Waals surface area contributed by atoms with Crippen LogP contribution >= 0.6 is 0 Å². The summed E-state index contributed by atoms with van der Waals surface area (Å²) in [6, 6.07) is 8.58. The van der Waals surface area contributed by atoms with Crippen LogP contribution in [0, 0.1) is 5.41 Å². The number of carbonyl (C=O) groups excluding carboxylic acids is 2. The van der Waals surface area contributed by atoms with Crippen molar-refractivity contribution in [3.05, 3.63) is 35.9 Å². The first-order valence-electron chi connectivity index (χ1n) is 9.44. The van der Waals surface area contributed by atoms with Crippen LogP contribution in [0.15, 0.2) is 30.3 Å². The molecular formula is C19H30N6O2. The Bertz CT molecular complexity index is 636. The Balaban J connectivity index is 1.78. The van der Waals surface area contributed by atoms with E-state index in [1.165, 1.54) is 0 Å². The standard InChI is InChI=1S/C19H30N6O2/c20-15(13-14-7-2-1-3-8-14)18(27)25-12-6-9-16(25)17(26)23-10-4-5-11-24-19(21)22/h1-3,7-8,15-16H,4-6,9-13,20H2,(H,23,26)(H4,21,22,24)/t15-,16-/m1/s1. The zero-order valence-electron chi connectivity index (χ0n) is 15.6. The maximum atomic E-state index is 12.7. The number of benzene rings is 1. The molecule has 1 fully saturated rings. The van der Waals surface area contributed by atoms with Gasteiger partial charge in [0, 0.05) is 19.6 Å². The highest BCUT2D eigenvalue weighted by atomic mass is 16.2. The molecule has 8 nitrogen and oxygen atoms in total. The molecule has 1 aliphatic heterocycles. The van der Waals surface area contributed by atoms with Crippen LogP contribution in [0.5, 0.6) is 0 Å². The van der Waals surface area contributed by atoms with E-state index in [0.29, 0.717) is 32.5 Å². The summed E-state index contributed by atoms with van der Waals surface area (Å²) in [7, 11) is 0. The van der Waals surface area contributed by atoms with Gasteiger partial charge in [-0.05, 0) is 37.7 Å². The summed E-state index contributed by atoms with van der Waals surface area (Å²) in [6.07, 6.45) is 3.52. The lowest BCUT2D eigenvalue weighted by atomic mass is 10.1. The minimum absolute atomic E-state index is 0.0500. The van der Waals surface area contributed by atoms with Crippen LogP contribution in [-0.4, -0.2) is 54.4 Å². The molecule has 1 heterocycles. The van der Waals surface area contributed by atoms with Crippen LogP contribution in [0.25, 0.3) is 0 Å². The number of carbonyl (C=O) groups is 2. The number of unbranched alkanes of at least 4 members (excludes halogenated alkanes) is 1. The fourth-order valence-electron chi connectivity index (χ4n) is 3.27. The van der Waals surface area contributed by atoms with Gasteiger partial charge < -0.3 is 27.0 Å². The van der Waals surface area contributed by atoms with Crippen molar-refractivity contribution in [2.45, 2.75) is 44.2 Å². The molecule has 2 rings (SSSR count). The summed E-state index contributed by atoms with van der Waals surface area (Å²) in [6.45, 7) is 1.71. The Hall–Kier alpha value is -2.61. The van der Waals surface area contributed by atoms with E-state index in [1.54, 1.807) is 4.90 Å². The van der Waals surface area contributed by atoms with Gasteiger partial charge in [-0.15, -0.1) is 0 Å². The van der Waals surface area contributed by atoms with E-state index in [0.717, 1.165) is 24.8 Å². The van der Waals surface area contributed by atoms with Gasteiger partial charge in [0.15, 0.2) is 5.96 Å². The van der Waals surface area contributed by atoms with E-state index in [4.69, 9.17) is 16.9 Å². The third-order valence-corrected chi connectivity index (χ3v) is 4.67. The first-order chi connectivity index (χ1) is 13.0. The first kappa shape index (κ1) is 20.7. The van der Waals surface area contributed by atoms with Gasteiger partial charge >= 0.3 is 0 Å². The molecule has 0 spiro atoms. The molecule has 1 aromatic rings. The molecule has 27 heavy (non-hydrogen) atoms. The lowest BCUT2D eigenvalue weighted by molar-refractivity contribution is -0.139. The Morgan fingerprint density at radius 2 is 1.85 bits per heavy atom. The maximum Gasteiger partial charge on any atom is 0.242 e. The number of likely N-dealkylation sites (tertiary alicyclic amines) is 1. The number of nitrogens with one attached hydrogen (secondary N) is 3. The average Bonchev–Trinajstić information content (AvgIpc) is 3.14. The molecule has 148 valence electrons. The predicted molar refractivity (Wildman–Crippen MR) is 105 cm³/mol. The van der Waals surface area contributed by atoms with Crippen LogP contribution in [0.1, 0.15) is 31.2 Å². The zero-order chi connectivity index (χ0) is 19.6. The highest BCUT2D eigenvalue weighted by Gasteiger charge is 2.35. The smallest absolute Gasteiger partial charge is 0.242 e. The molecular weight excluding hydrogens is 344 g/mol. The van der Waals surface area contributed by atoms with Crippen molar-refractivity contribution in [2.75, 3.05) is 19.6 Å². The number of hydrogen-bond acceptors (Lipinski definition) is 4. The summed E-state index contributed by atoms with van der Waals surface area (Å²) in [5, 5.41) is 12.7. The first-order valence-corrected chi connectivity index (χ1v) is 9.44. The van der Waals surface area contributed by atoms with Crippen LogP contribution in [0.3, 0.4) is 0 Å². The van der Waals surface area contributed by atoms with Crippen LogP contribution in [0.4, 0.5) is 0 Å². The van der Waals surface area contributed by atoms with Crippen molar-refractivity contribution >= 4 is 17.8 Å². The topological polar surface area (TPSA) is 137 Å². The lowest BCUT2D eigenvalue weighted by Crippen LogP contribution is -2.51. The monoisotopic (exact) mass is 374 g/mol. The normalized spacial score (nSPS) is 17.4. The molecule has 0 aromatic heterocycles. The Morgan fingerprint density at radius 3 is 2.52 bits per heavy atom. The van der Waals surface area contributed by atoms with Crippen molar-refractivity contribution in [3.63, 3.8) is 0 Å². The molecule has 0 radical (unpaired) electrons. The van der Waals surface area contributed by atoms with Crippen LogP contribution in [-0.2, 0) is 16.0 Å². The molecule has 0 saturated carbocycles. The number of guanidine groups is 1. The molecule has 1 aromatic carbocycles. The third kappa shape index (κ3) is 6.56. The second-order valence-electron chi connectivity index (χ2n) is 6.82. The highest BCUT2D eigenvalue weighted by molar-refractivity contribution is 5.90. The molecule has 0 aliphatic carbocycles. The van der Waals surface area contributed by atoms with Gasteiger partial charge in [-0.2, -0.15) is 0 Å². The summed E-state index contributed by atoms with van der Waals surface area (Å²) in [4.78, 5) is 26.8. The Morgan fingerprint density at radius 1 is 1.19 bits per heavy atom. The molecule has 0 bridgehead atoms. The largest absolute Gasteiger partial charge is 0.370 e. The molecule has 2 amide bonds. The van der Waals surface area contributed by atoms with Gasteiger partial charge in [0.05, 0.1) is 6.04 Å². The van der Waals surface area contributed by atoms with E-state index < -0.39 is 12.1 Å². The molecule has 7 N–H and O–H groups in total. The fraction of sp³-hybridized carbons (Fsp3) is 0.526. The maximum absolute atomic E-state index is 12.7. The van der Waals surface area contributed by atoms with Crippen molar-refractivity contribution in [1.82, 2.24) is 15.5 Å². The Labute approximate surface area is 160 Å². The second-order valence-corrected chi connectivity index (χ2v) is 6.82. The number of nitrogens with zero attached hydrogens (tertiary/aromatic N) is 1. The van der Waals surface area contributed by atoms with Crippen LogP contribution < -0.4 is 22.1 Å². The van der Waals surface area contributed by atoms with Crippen molar-refractivity contribution in [2.24, 2.45) is 11.5 Å². The number of nitrogens with two attached hydrogens (primary N) is 2. The summed E-state index contributed by atoms with van der Waals surface area (Å²) in [5.74, 6) is -0.333. The number of hydrogen-bond donors (Lipinski definition) is 5. The highest BCUT2D eigenvalue weighted by Crippen LogP contribution is 2.19. The molecule has 1 aliphatic rings. The lowest BCUT2D eigenvalue weighted by Gasteiger charge is -2.26. The SMILES string of the molecule is N=C(N)NCCCCNC(=O)[C@H]1CCCN1C(=O)[C@H](N)Cc1ccccc1. The van der Waals surface area contributed by atoms with Gasteiger partial charge in [0.1, 0.15) is 6.04 Å². The van der Waals surface area contributed by atoms with Crippen molar-refractivity contribution in [1.29, 1.82) is 5.41 Å². The molecule has 0 unspecified atom stereocenters. The van der Waals surface area contributed by atoms with Crippen molar-refractivity contribution in [3.8, 4) is 0 Å². The number of amides is 2. The average molecular weight is 374 g/mol. The summed E-state index contributed by atoms with van der Waals surface area (Å²) in [5.41, 5.74) is 12.3. The molecule has 8 heteroatoms. The van der Waals surface area contributed by atoms with E-state index in [9.17, 15) is 9.59 Å². The zero-order valence-corrected chi connectivity index (χ0v) is 15.6. The molecule has 1 saturated heterocycles. The Kier molecular flexibility index (Phi) is 8.06. The van der Waals surface area contributed by atoms with E-state index in [-0.39, 0.29) is 17.8 Å². The minimum Gasteiger partial charge on any atom is -0.370 e. The number of rotatable bonds is 9. The summed E-state index contributed by atoms with van der Waals surface area (Å²) >= 11 is 0. The van der Waals surface area contributed by atoms with Gasteiger partial charge in [-0.1, -0.05) is 30.3 Å². The fourth-order valence-corrected chi connectivity index (χ4v) is 3.27. The van der Waals surface area contributed by atoms with Crippen molar-refractivity contribution < 1.29 is 9.59 Å². The predicted octanol–water partition coefficient (Wildman–Crippen LogP) is -0.0731.